The highest BCUT2D eigenvalue weighted by molar-refractivity contribution is 6.17. The Labute approximate surface area is 95.9 Å². The first kappa shape index (κ1) is 14.7. The molecule has 0 bridgehead atoms. The Bertz CT molecular complexity index is 161. The Balaban J connectivity index is 3.67. The van der Waals surface area contributed by atoms with Crippen molar-refractivity contribution in [1.29, 1.82) is 0 Å². The predicted molar refractivity (Wildman–Crippen MR) is 60.1 cm³/mol. The quantitative estimate of drug-likeness (QED) is 0.463. The van der Waals surface area contributed by atoms with E-state index in [4.69, 9.17) is 21.4 Å². The zero-order valence-corrected chi connectivity index (χ0v) is 9.92. The number of carbonyl (C=O) groups is 1. The summed E-state index contributed by atoms with van der Waals surface area (Å²) < 4.78 is 4.94. The van der Waals surface area contributed by atoms with Crippen molar-refractivity contribution in [2.45, 2.75) is 31.7 Å². The molecule has 0 aliphatic carbocycles. The van der Waals surface area contributed by atoms with Crippen LogP contribution in [0.1, 0.15) is 25.7 Å². The molecule has 0 aromatic rings. The largest absolute Gasteiger partial charge is 0.396 e. The summed E-state index contributed by atoms with van der Waals surface area (Å²) in [5.41, 5.74) is 0. The molecule has 0 aliphatic rings. The van der Waals surface area contributed by atoms with Crippen molar-refractivity contribution in [1.82, 2.24) is 5.32 Å². The summed E-state index contributed by atoms with van der Waals surface area (Å²) in [6.07, 6.45) is 2.66. The maximum atomic E-state index is 11.4. The summed E-state index contributed by atoms with van der Waals surface area (Å²) in [4.78, 5) is 11.4. The summed E-state index contributed by atoms with van der Waals surface area (Å²) in [6.45, 7) is 0.484. The third-order valence-electron chi connectivity index (χ3n) is 2.00. The van der Waals surface area contributed by atoms with Crippen molar-refractivity contribution in [3.8, 4) is 0 Å². The Morgan fingerprint density at radius 1 is 1.53 bits per heavy atom. The third-order valence-corrected chi connectivity index (χ3v) is 2.27. The molecule has 0 aromatic carbocycles. The van der Waals surface area contributed by atoms with Crippen molar-refractivity contribution in [2.24, 2.45) is 0 Å². The zero-order chi connectivity index (χ0) is 11.5. The summed E-state index contributed by atoms with van der Waals surface area (Å²) >= 11 is 5.51. The molecule has 1 unspecified atom stereocenters. The number of halogens is 1. The zero-order valence-electron chi connectivity index (χ0n) is 9.17. The minimum absolute atomic E-state index is 0.00406. The molecule has 0 spiro atoms. The fourth-order valence-corrected chi connectivity index (χ4v) is 1.42. The number of nitrogens with one attached hydrogen (secondary N) is 1. The summed E-state index contributed by atoms with van der Waals surface area (Å²) in [5.74, 6) is 0.585. The van der Waals surface area contributed by atoms with Gasteiger partial charge in [-0.15, -0.1) is 11.6 Å². The minimum Gasteiger partial charge on any atom is -0.396 e. The van der Waals surface area contributed by atoms with Crippen molar-refractivity contribution in [3.05, 3.63) is 0 Å². The lowest BCUT2D eigenvalue weighted by atomic mass is 10.2. The Morgan fingerprint density at radius 3 is 2.80 bits per heavy atom. The second-order valence-electron chi connectivity index (χ2n) is 3.38. The average molecular weight is 238 g/mol. The van der Waals surface area contributed by atoms with Gasteiger partial charge in [0.25, 0.3) is 0 Å². The smallest absolute Gasteiger partial charge is 0.220 e. The number of carbonyl (C=O) groups excluding carboxylic acids is 1. The molecule has 0 fully saturated rings. The lowest BCUT2D eigenvalue weighted by molar-refractivity contribution is -0.122. The molecule has 0 saturated heterocycles. The summed E-state index contributed by atoms with van der Waals surface area (Å²) in [7, 11) is 1.57. The number of hydrogen-bond acceptors (Lipinski definition) is 3. The first-order valence-corrected chi connectivity index (χ1v) is 5.73. The highest BCUT2D eigenvalue weighted by atomic mass is 35.5. The monoisotopic (exact) mass is 237 g/mol. The number of rotatable bonds is 9. The van der Waals surface area contributed by atoms with Gasteiger partial charge in [0.1, 0.15) is 0 Å². The topological polar surface area (TPSA) is 58.6 Å². The molecule has 15 heavy (non-hydrogen) atoms. The molecule has 0 saturated carbocycles. The van der Waals surface area contributed by atoms with Crippen LogP contribution in [0.2, 0.25) is 0 Å². The van der Waals surface area contributed by atoms with Crippen LogP contribution in [0.3, 0.4) is 0 Å². The van der Waals surface area contributed by atoms with Crippen LogP contribution in [0, 0.1) is 0 Å². The normalized spacial score (nSPS) is 12.5. The van der Waals surface area contributed by atoms with Gasteiger partial charge >= 0.3 is 0 Å². The van der Waals surface area contributed by atoms with E-state index < -0.39 is 0 Å². The molecular formula is C10H20ClNO3. The molecule has 0 aliphatic heterocycles. The molecule has 4 nitrogen and oxygen atoms in total. The molecule has 0 heterocycles. The van der Waals surface area contributed by atoms with Crippen LogP contribution in [0.4, 0.5) is 0 Å². The van der Waals surface area contributed by atoms with Gasteiger partial charge < -0.3 is 15.2 Å². The summed E-state index contributed by atoms with van der Waals surface area (Å²) in [5, 5.41) is 11.6. The van der Waals surface area contributed by atoms with Crippen molar-refractivity contribution < 1.29 is 14.6 Å². The van der Waals surface area contributed by atoms with Gasteiger partial charge in [0.2, 0.25) is 5.91 Å². The second-order valence-corrected chi connectivity index (χ2v) is 3.76. The average Bonchev–Trinajstić information content (AvgIpc) is 2.19. The predicted octanol–water partition coefficient (Wildman–Crippen LogP) is 0.909. The van der Waals surface area contributed by atoms with Gasteiger partial charge in [-0.2, -0.15) is 0 Å². The molecular weight excluding hydrogens is 218 g/mol. The lowest BCUT2D eigenvalue weighted by Gasteiger charge is -2.16. The number of aliphatic hydroxyl groups excluding tert-OH is 1. The van der Waals surface area contributed by atoms with Crippen LogP contribution >= 0.6 is 11.6 Å². The van der Waals surface area contributed by atoms with E-state index in [1.54, 1.807) is 7.11 Å². The number of aliphatic hydroxyl groups is 1. The fourth-order valence-electron chi connectivity index (χ4n) is 1.23. The first-order valence-electron chi connectivity index (χ1n) is 5.19. The Kier molecular flexibility index (Phi) is 9.99. The first-order chi connectivity index (χ1) is 7.24. The van der Waals surface area contributed by atoms with E-state index in [0.29, 0.717) is 25.3 Å². The highest BCUT2D eigenvalue weighted by Crippen LogP contribution is 1.99. The molecule has 90 valence electrons. The van der Waals surface area contributed by atoms with Gasteiger partial charge in [0, 0.05) is 26.0 Å². The number of hydrogen-bond donors (Lipinski definition) is 2. The van der Waals surface area contributed by atoms with Gasteiger partial charge in [-0.1, -0.05) is 0 Å². The third kappa shape index (κ3) is 8.66. The minimum atomic E-state index is -0.0940. The maximum Gasteiger partial charge on any atom is 0.220 e. The van der Waals surface area contributed by atoms with Crippen LogP contribution in [-0.4, -0.2) is 43.3 Å². The Hall–Kier alpha value is -0.320. The lowest BCUT2D eigenvalue weighted by Crippen LogP contribution is -2.38. The van der Waals surface area contributed by atoms with E-state index in [0.717, 1.165) is 12.8 Å². The maximum absolute atomic E-state index is 11.4. The van der Waals surface area contributed by atoms with Crippen LogP contribution in [0.15, 0.2) is 0 Å². The van der Waals surface area contributed by atoms with Gasteiger partial charge in [-0.25, -0.2) is 0 Å². The molecule has 0 rings (SSSR count). The van der Waals surface area contributed by atoms with Gasteiger partial charge in [-0.05, 0) is 19.3 Å². The summed E-state index contributed by atoms with van der Waals surface area (Å²) in [6, 6.07) is -0.0940. The van der Waals surface area contributed by atoms with Crippen molar-refractivity contribution >= 4 is 17.5 Å². The van der Waals surface area contributed by atoms with Crippen molar-refractivity contribution in [3.63, 3.8) is 0 Å². The fraction of sp³-hybridized carbons (Fsp3) is 0.900. The van der Waals surface area contributed by atoms with E-state index in [-0.39, 0.29) is 18.6 Å². The molecule has 5 heteroatoms. The standard InChI is InChI=1S/C10H20ClNO3/c1-15-8-9(5-7-13)12-10(14)4-2-3-6-11/h9,13H,2-8H2,1H3,(H,12,14). The van der Waals surface area contributed by atoms with Crippen molar-refractivity contribution in [2.75, 3.05) is 26.2 Å². The molecule has 2 N–H and O–H groups in total. The second kappa shape index (κ2) is 10.2. The van der Waals surface area contributed by atoms with Crippen LogP contribution in [-0.2, 0) is 9.53 Å². The van der Waals surface area contributed by atoms with Gasteiger partial charge in [-0.3, -0.25) is 4.79 Å². The van der Waals surface area contributed by atoms with Crippen LogP contribution in [0.5, 0.6) is 0 Å². The van der Waals surface area contributed by atoms with E-state index in [1.165, 1.54) is 0 Å². The molecule has 0 aromatic heterocycles. The molecule has 0 radical (unpaired) electrons. The van der Waals surface area contributed by atoms with E-state index >= 15 is 0 Å². The molecule has 1 amide bonds. The van der Waals surface area contributed by atoms with Crippen LogP contribution in [0.25, 0.3) is 0 Å². The number of alkyl halides is 1. The SMILES string of the molecule is COCC(CCO)NC(=O)CCCCCl. The number of methoxy groups -OCH3 is 1. The number of ether oxygens (including phenoxy) is 1. The number of unbranched alkanes of at least 4 members (excludes halogenated alkanes) is 1. The highest BCUT2D eigenvalue weighted by Gasteiger charge is 2.10. The van der Waals surface area contributed by atoms with Gasteiger partial charge in [0.15, 0.2) is 0 Å². The van der Waals surface area contributed by atoms with E-state index in [1.807, 2.05) is 0 Å². The van der Waals surface area contributed by atoms with Gasteiger partial charge in [0.05, 0.1) is 12.6 Å². The van der Waals surface area contributed by atoms with E-state index in [9.17, 15) is 4.79 Å². The van der Waals surface area contributed by atoms with Crippen LogP contribution < -0.4 is 5.32 Å². The molecule has 1 atom stereocenters. The Morgan fingerprint density at radius 2 is 2.27 bits per heavy atom. The van der Waals surface area contributed by atoms with E-state index in [2.05, 4.69) is 5.32 Å². The number of amides is 1.